The van der Waals surface area contributed by atoms with E-state index < -0.39 is 0 Å². The van der Waals surface area contributed by atoms with Gasteiger partial charge in [0.2, 0.25) is 0 Å². The summed E-state index contributed by atoms with van der Waals surface area (Å²) in [5.41, 5.74) is 0.916. The highest BCUT2D eigenvalue weighted by Crippen LogP contribution is 2.05. The zero-order chi connectivity index (χ0) is 10.4. The molecule has 1 rings (SSSR count). The van der Waals surface area contributed by atoms with Gasteiger partial charge in [0.05, 0.1) is 5.69 Å². The Morgan fingerprint density at radius 2 is 2.21 bits per heavy atom. The van der Waals surface area contributed by atoms with Gasteiger partial charge in [0, 0.05) is 13.2 Å². The van der Waals surface area contributed by atoms with E-state index in [2.05, 4.69) is 22.4 Å². The fourth-order valence-electron chi connectivity index (χ4n) is 1.09. The van der Waals surface area contributed by atoms with Crippen molar-refractivity contribution in [3.05, 3.63) is 17.8 Å². The van der Waals surface area contributed by atoms with E-state index in [9.17, 15) is 0 Å². The lowest BCUT2D eigenvalue weighted by molar-refractivity contribution is 0.266. The average molecular weight is 195 g/mol. The molecule has 4 nitrogen and oxygen atoms in total. The molecule has 1 aromatic heterocycles. The highest BCUT2D eigenvalue weighted by atomic mass is 16.3. The van der Waals surface area contributed by atoms with Gasteiger partial charge < -0.3 is 10.4 Å². The summed E-state index contributed by atoms with van der Waals surface area (Å²) >= 11 is 0. The molecule has 0 amide bonds. The molecule has 78 valence electrons. The van der Waals surface area contributed by atoms with Crippen LogP contribution in [0.5, 0.6) is 0 Å². The molecule has 0 aliphatic rings. The van der Waals surface area contributed by atoms with Gasteiger partial charge in [0.15, 0.2) is 0 Å². The van der Waals surface area contributed by atoms with Crippen molar-refractivity contribution in [3.8, 4) is 0 Å². The van der Waals surface area contributed by atoms with Gasteiger partial charge in [0.1, 0.15) is 5.82 Å². The molecular weight excluding hydrogens is 178 g/mol. The van der Waals surface area contributed by atoms with Crippen LogP contribution in [0.4, 0.5) is 5.82 Å². The van der Waals surface area contributed by atoms with Crippen LogP contribution in [0.15, 0.2) is 12.1 Å². The van der Waals surface area contributed by atoms with Gasteiger partial charge in [-0.15, -0.1) is 5.10 Å². The lowest BCUT2D eigenvalue weighted by atomic mass is 10.1. The second kappa shape index (κ2) is 5.54. The van der Waals surface area contributed by atoms with Crippen molar-refractivity contribution in [2.45, 2.75) is 20.3 Å². The Morgan fingerprint density at radius 1 is 1.43 bits per heavy atom. The van der Waals surface area contributed by atoms with E-state index >= 15 is 0 Å². The van der Waals surface area contributed by atoms with Gasteiger partial charge in [-0.05, 0) is 31.4 Å². The highest BCUT2D eigenvalue weighted by molar-refractivity contribution is 5.32. The molecular formula is C10H17N3O. The molecule has 0 bridgehead atoms. The topological polar surface area (TPSA) is 58.0 Å². The monoisotopic (exact) mass is 195 g/mol. The fraction of sp³-hybridized carbons (Fsp3) is 0.600. The standard InChI is InChI=1S/C10H17N3O/c1-8(5-6-14)7-11-10-4-3-9(2)12-13-10/h3-4,8,14H,5-7H2,1-2H3,(H,11,13). The van der Waals surface area contributed by atoms with Crippen LogP contribution >= 0.6 is 0 Å². The molecule has 0 spiro atoms. The number of hydrogen-bond donors (Lipinski definition) is 2. The summed E-state index contributed by atoms with van der Waals surface area (Å²) in [7, 11) is 0. The summed E-state index contributed by atoms with van der Waals surface area (Å²) in [6.07, 6.45) is 0.812. The number of aliphatic hydroxyl groups excluding tert-OH is 1. The third-order valence-electron chi connectivity index (χ3n) is 2.05. The first kappa shape index (κ1) is 10.9. The molecule has 1 unspecified atom stereocenters. The average Bonchev–Trinajstić information content (AvgIpc) is 2.17. The smallest absolute Gasteiger partial charge is 0.148 e. The van der Waals surface area contributed by atoms with Crippen LogP contribution in [0.3, 0.4) is 0 Å². The molecule has 2 N–H and O–H groups in total. The number of aryl methyl sites for hydroxylation is 1. The lowest BCUT2D eigenvalue weighted by Gasteiger charge is -2.10. The largest absolute Gasteiger partial charge is 0.396 e. The third-order valence-corrected chi connectivity index (χ3v) is 2.05. The second-order valence-electron chi connectivity index (χ2n) is 3.56. The Labute approximate surface area is 84.4 Å². The minimum atomic E-state index is 0.239. The molecule has 0 aliphatic heterocycles. The molecule has 0 saturated carbocycles. The first-order chi connectivity index (χ1) is 6.72. The second-order valence-corrected chi connectivity index (χ2v) is 3.56. The summed E-state index contributed by atoms with van der Waals surface area (Å²) in [5, 5.41) is 19.8. The number of nitrogens with zero attached hydrogens (tertiary/aromatic N) is 2. The van der Waals surface area contributed by atoms with Crippen molar-refractivity contribution in [2.24, 2.45) is 5.92 Å². The van der Waals surface area contributed by atoms with Crippen molar-refractivity contribution in [3.63, 3.8) is 0 Å². The zero-order valence-corrected chi connectivity index (χ0v) is 8.70. The Hall–Kier alpha value is -1.16. The molecule has 0 aromatic carbocycles. The van der Waals surface area contributed by atoms with Crippen molar-refractivity contribution in [2.75, 3.05) is 18.5 Å². The minimum absolute atomic E-state index is 0.239. The Balaban J connectivity index is 2.34. The van der Waals surface area contributed by atoms with E-state index in [0.29, 0.717) is 5.92 Å². The fourth-order valence-corrected chi connectivity index (χ4v) is 1.09. The van der Waals surface area contributed by atoms with Gasteiger partial charge in [0.25, 0.3) is 0 Å². The third kappa shape index (κ3) is 3.70. The molecule has 4 heteroatoms. The van der Waals surface area contributed by atoms with Crippen LogP contribution in [0.1, 0.15) is 19.0 Å². The van der Waals surface area contributed by atoms with Gasteiger partial charge >= 0.3 is 0 Å². The van der Waals surface area contributed by atoms with Crippen molar-refractivity contribution in [1.29, 1.82) is 0 Å². The summed E-state index contributed by atoms with van der Waals surface area (Å²) in [5.74, 6) is 1.24. The van der Waals surface area contributed by atoms with Crippen LogP contribution in [0.2, 0.25) is 0 Å². The molecule has 1 aromatic rings. The first-order valence-electron chi connectivity index (χ1n) is 4.87. The van der Waals surface area contributed by atoms with Gasteiger partial charge in [-0.25, -0.2) is 0 Å². The van der Waals surface area contributed by atoms with Gasteiger partial charge in [-0.1, -0.05) is 6.92 Å². The van der Waals surface area contributed by atoms with Crippen LogP contribution in [0, 0.1) is 12.8 Å². The molecule has 0 saturated heterocycles. The normalized spacial score (nSPS) is 12.5. The summed E-state index contributed by atoms with van der Waals surface area (Å²) < 4.78 is 0. The highest BCUT2D eigenvalue weighted by Gasteiger charge is 2.01. The lowest BCUT2D eigenvalue weighted by Crippen LogP contribution is -2.13. The van der Waals surface area contributed by atoms with Crippen molar-refractivity contribution >= 4 is 5.82 Å². The van der Waals surface area contributed by atoms with Crippen molar-refractivity contribution < 1.29 is 5.11 Å². The maximum atomic E-state index is 8.71. The minimum Gasteiger partial charge on any atom is -0.396 e. The van der Waals surface area contributed by atoms with Crippen LogP contribution in [0.25, 0.3) is 0 Å². The molecule has 0 fully saturated rings. The van der Waals surface area contributed by atoms with E-state index in [-0.39, 0.29) is 6.61 Å². The summed E-state index contributed by atoms with van der Waals surface area (Å²) in [6, 6.07) is 3.83. The molecule has 0 radical (unpaired) electrons. The van der Waals surface area contributed by atoms with E-state index in [1.165, 1.54) is 0 Å². The Kier molecular flexibility index (Phi) is 4.32. The van der Waals surface area contributed by atoms with Crippen LogP contribution < -0.4 is 5.32 Å². The van der Waals surface area contributed by atoms with E-state index in [4.69, 9.17) is 5.11 Å². The van der Waals surface area contributed by atoms with Crippen LogP contribution in [-0.4, -0.2) is 28.5 Å². The SMILES string of the molecule is Cc1ccc(NCC(C)CCO)nn1. The predicted octanol–water partition coefficient (Wildman–Crippen LogP) is 1.22. The quantitative estimate of drug-likeness (QED) is 0.741. The van der Waals surface area contributed by atoms with Gasteiger partial charge in [-0.2, -0.15) is 5.10 Å². The number of aromatic nitrogens is 2. The number of anilines is 1. The summed E-state index contributed by atoms with van der Waals surface area (Å²) in [4.78, 5) is 0. The predicted molar refractivity (Wildman–Crippen MR) is 56.1 cm³/mol. The Bertz CT molecular complexity index is 261. The number of aliphatic hydroxyl groups is 1. The van der Waals surface area contributed by atoms with E-state index in [0.717, 1.165) is 24.5 Å². The summed E-state index contributed by atoms with van der Waals surface area (Å²) in [6.45, 7) is 5.05. The Morgan fingerprint density at radius 3 is 2.79 bits per heavy atom. The maximum Gasteiger partial charge on any atom is 0.148 e. The molecule has 1 heterocycles. The zero-order valence-electron chi connectivity index (χ0n) is 8.70. The molecule has 1 atom stereocenters. The van der Waals surface area contributed by atoms with Gasteiger partial charge in [-0.3, -0.25) is 0 Å². The molecule has 0 aliphatic carbocycles. The number of nitrogens with one attached hydrogen (secondary N) is 1. The molecule has 14 heavy (non-hydrogen) atoms. The number of rotatable bonds is 5. The maximum absolute atomic E-state index is 8.71. The van der Waals surface area contributed by atoms with E-state index in [1.54, 1.807) is 0 Å². The first-order valence-corrected chi connectivity index (χ1v) is 4.87. The van der Waals surface area contributed by atoms with Crippen LogP contribution in [-0.2, 0) is 0 Å². The van der Waals surface area contributed by atoms with Crippen molar-refractivity contribution in [1.82, 2.24) is 10.2 Å². The number of hydrogen-bond acceptors (Lipinski definition) is 4. The van der Waals surface area contributed by atoms with E-state index in [1.807, 2.05) is 19.1 Å².